The Morgan fingerprint density at radius 3 is 2.52 bits per heavy atom. The van der Waals surface area contributed by atoms with Crippen LogP contribution in [0.25, 0.3) is 6.08 Å². The van der Waals surface area contributed by atoms with E-state index in [9.17, 15) is 18.0 Å². The van der Waals surface area contributed by atoms with E-state index in [1.807, 2.05) is 6.07 Å². The highest BCUT2D eigenvalue weighted by atomic mass is 79.9. The van der Waals surface area contributed by atoms with Crippen LogP contribution in [0.4, 0.5) is 0 Å². The lowest BCUT2D eigenvalue weighted by Gasteiger charge is -2.04. The number of ether oxygens (including phenoxy) is 1. The van der Waals surface area contributed by atoms with Crippen molar-refractivity contribution in [3.63, 3.8) is 0 Å². The van der Waals surface area contributed by atoms with Crippen molar-refractivity contribution >= 4 is 55.1 Å². The van der Waals surface area contributed by atoms with E-state index in [0.29, 0.717) is 10.4 Å². The number of thiophene rings is 1. The summed E-state index contributed by atoms with van der Waals surface area (Å²) in [5, 5.41) is 0.962. The molecule has 0 spiro atoms. The second-order valence-electron chi connectivity index (χ2n) is 4.77. The van der Waals surface area contributed by atoms with Crippen LogP contribution < -0.4 is 4.72 Å². The molecule has 0 amide bonds. The molecule has 0 aliphatic rings. The third kappa shape index (κ3) is 6.91. The van der Waals surface area contributed by atoms with Gasteiger partial charge in [-0.15, -0.1) is 11.3 Å². The minimum atomic E-state index is -3.78. The average molecular weight is 444 g/mol. The Morgan fingerprint density at radius 2 is 1.88 bits per heavy atom. The van der Waals surface area contributed by atoms with Crippen LogP contribution in [0.1, 0.15) is 15.2 Å². The first-order chi connectivity index (χ1) is 11.9. The molecule has 6 nitrogen and oxygen atoms in total. The molecular formula is C16H14BrNO5S2. The van der Waals surface area contributed by atoms with Crippen LogP contribution in [-0.4, -0.2) is 33.3 Å². The quantitative estimate of drug-likeness (QED) is 0.500. The van der Waals surface area contributed by atoms with Gasteiger partial charge in [0.2, 0.25) is 15.8 Å². The summed E-state index contributed by atoms with van der Waals surface area (Å²) in [6.07, 6.45) is 1.41. The molecule has 0 unspecified atom stereocenters. The van der Waals surface area contributed by atoms with E-state index in [1.54, 1.807) is 36.4 Å². The molecule has 1 N–H and O–H groups in total. The Hall–Kier alpha value is -1.81. The summed E-state index contributed by atoms with van der Waals surface area (Å²) in [7, 11) is -3.78. The first-order valence-corrected chi connectivity index (χ1v) is 10.2. The molecular weight excluding hydrogens is 430 g/mol. The molecule has 25 heavy (non-hydrogen) atoms. The van der Waals surface area contributed by atoms with E-state index in [2.05, 4.69) is 20.7 Å². The number of hydrogen-bond donors (Lipinski definition) is 1. The monoisotopic (exact) mass is 443 g/mol. The van der Waals surface area contributed by atoms with Gasteiger partial charge in [0.05, 0.1) is 8.66 Å². The number of rotatable bonds is 8. The number of carbonyl (C=O) groups excluding carboxylic acids is 2. The van der Waals surface area contributed by atoms with E-state index in [0.717, 1.165) is 9.19 Å². The summed E-state index contributed by atoms with van der Waals surface area (Å²) >= 11 is 4.46. The Balaban J connectivity index is 1.78. The van der Waals surface area contributed by atoms with E-state index >= 15 is 0 Å². The van der Waals surface area contributed by atoms with E-state index < -0.39 is 29.1 Å². The molecule has 9 heteroatoms. The molecule has 0 fully saturated rings. The largest absolute Gasteiger partial charge is 0.456 e. The topological polar surface area (TPSA) is 89.5 Å². The predicted molar refractivity (Wildman–Crippen MR) is 99.7 cm³/mol. The predicted octanol–water partition coefficient (Wildman–Crippen LogP) is 2.83. The number of sulfonamides is 1. The number of ketones is 1. The fourth-order valence-electron chi connectivity index (χ4n) is 1.67. The Kier molecular flexibility index (Phi) is 7.06. The molecule has 0 saturated carbocycles. The molecule has 0 saturated heterocycles. The first-order valence-electron chi connectivity index (χ1n) is 7.03. The normalized spacial score (nSPS) is 11.6. The van der Waals surface area contributed by atoms with Gasteiger partial charge in [0.15, 0.2) is 6.61 Å². The second kappa shape index (κ2) is 9.04. The lowest BCUT2D eigenvalue weighted by molar-refractivity contribution is -0.141. The number of carbonyl (C=O) groups is 2. The maximum Gasteiger partial charge on any atom is 0.321 e. The van der Waals surface area contributed by atoms with Crippen molar-refractivity contribution < 1.29 is 22.7 Å². The molecule has 2 aromatic rings. The van der Waals surface area contributed by atoms with Gasteiger partial charge in [0, 0.05) is 5.41 Å². The van der Waals surface area contributed by atoms with Crippen LogP contribution in [-0.2, 0) is 19.6 Å². The fraction of sp³-hybridized carbons (Fsp3) is 0.125. The van der Waals surface area contributed by atoms with Crippen LogP contribution in [0.2, 0.25) is 0 Å². The lowest BCUT2D eigenvalue weighted by atomic mass is 10.2. The zero-order chi connectivity index (χ0) is 18.3. The summed E-state index contributed by atoms with van der Waals surface area (Å²) in [6, 6.07) is 12.2. The maximum absolute atomic E-state index is 11.8. The first kappa shape index (κ1) is 19.5. The van der Waals surface area contributed by atoms with Gasteiger partial charge in [0.1, 0.15) is 6.54 Å². The molecule has 0 atom stereocenters. The molecule has 1 aromatic heterocycles. The highest BCUT2D eigenvalue weighted by Gasteiger charge is 2.14. The van der Waals surface area contributed by atoms with Crippen LogP contribution >= 0.6 is 27.3 Å². The van der Waals surface area contributed by atoms with E-state index in [-0.39, 0.29) is 5.78 Å². The average Bonchev–Trinajstić information content (AvgIpc) is 3.04. The summed E-state index contributed by atoms with van der Waals surface area (Å²) in [5.74, 6) is -1.18. The summed E-state index contributed by atoms with van der Waals surface area (Å²) in [4.78, 5) is 23.8. The van der Waals surface area contributed by atoms with Crippen LogP contribution in [0.3, 0.4) is 0 Å². The minimum absolute atomic E-state index is 0.351. The molecule has 0 radical (unpaired) electrons. The van der Waals surface area contributed by atoms with Gasteiger partial charge in [-0.25, -0.2) is 13.1 Å². The molecule has 1 aromatic carbocycles. The highest BCUT2D eigenvalue weighted by Crippen LogP contribution is 2.22. The standard InChI is InChI=1S/C16H14BrNO5S2/c17-15-7-6-14(24-15)13(19)11-23-16(20)10-18-25(21,22)9-8-12-4-2-1-3-5-12/h1-9,18H,10-11H2/b9-8+. The van der Waals surface area contributed by atoms with Crippen molar-refractivity contribution in [1.82, 2.24) is 4.72 Å². The van der Waals surface area contributed by atoms with Crippen LogP contribution in [0.15, 0.2) is 51.7 Å². The molecule has 0 aliphatic carbocycles. The van der Waals surface area contributed by atoms with Gasteiger partial charge in [-0.3, -0.25) is 9.59 Å². The lowest BCUT2D eigenvalue weighted by Crippen LogP contribution is -2.30. The van der Waals surface area contributed by atoms with Gasteiger partial charge in [-0.1, -0.05) is 30.3 Å². The van der Waals surface area contributed by atoms with Gasteiger partial charge >= 0.3 is 5.97 Å². The molecule has 132 valence electrons. The SMILES string of the molecule is O=C(CNS(=O)(=O)/C=C/c1ccccc1)OCC(=O)c1ccc(Br)s1. The molecule has 0 aliphatic heterocycles. The van der Waals surface area contributed by atoms with Crippen LogP contribution in [0.5, 0.6) is 0 Å². The van der Waals surface area contributed by atoms with Crippen molar-refractivity contribution in [1.29, 1.82) is 0 Å². The third-order valence-electron chi connectivity index (χ3n) is 2.87. The third-order valence-corrected chi connectivity index (χ3v) is 5.57. The second-order valence-corrected chi connectivity index (χ2v) is 8.88. The smallest absolute Gasteiger partial charge is 0.321 e. The van der Waals surface area contributed by atoms with E-state index in [4.69, 9.17) is 4.74 Å². The number of esters is 1. The Labute approximate surface area is 157 Å². The Bertz CT molecular complexity index is 875. The molecule has 1 heterocycles. The maximum atomic E-state index is 11.8. The van der Waals surface area contributed by atoms with Crippen molar-refractivity contribution in [2.45, 2.75) is 0 Å². The van der Waals surface area contributed by atoms with Gasteiger partial charge in [-0.05, 0) is 39.7 Å². The van der Waals surface area contributed by atoms with Gasteiger partial charge in [-0.2, -0.15) is 0 Å². The van der Waals surface area contributed by atoms with Crippen molar-refractivity contribution in [3.05, 3.63) is 62.1 Å². The van der Waals surface area contributed by atoms with E-state index in [1.165, 1.54) is 17.4 Å². The van der Waals surface area contributed by atoms with Crippen molar-refractivity contribution in [3.8, 4) is 0 Å². The van der Waals surface area contributed by atoms with Crippen LogP contribution in [0, 0.1) is 0 Å². The minimum Gasteiger partial charge on any atom is -0.456 e. The fourth-order valence-corrected chi connectivity index (χ4v) is 3.73. The van der Waals surface area contributed by atoms with Gasteiger partial charge in [0.25, 0.3) is 0 Å². The number of halogens is 1. The number of hydrogen-bond acceptors (Lipinski definition) is 6. The van der Waals surface area contributed by atoms with Gasteiger partial charge < -0.3 is 4.74 Å². The Morgan fingerprint density at radius 1 is 1.16 bits per heavy atom. The number of nitrogens with one attached hydrogen (secondary N) is 1. The zero-order valence-corrected chi connectivity index (χ0v) is 16.1. The summed E-state index contributed by atoms with van der Waals surface area (Å²) in [6.45, 7) is -0.990. The zero-order valence-electron chi connectivity index (χ0n) is 12.8. The molecule has 2 rings (SSSR count). The van der Waals surface area contributed by atoms with Crippen molar-refractivity contribution in [2.24, 2.45) is 0 Å². The summed E-state index contributed by atoms with van der Waals surface area (Å²) in [5.41, 5.74) is 0.711. The number of Topliss-reactive ketones (excluding diaryl/α,β-unsaturated/α-hetero) is 1. The summed E-state index contributed by atoms with van der Waals surface area (Å²) < 4.78 is 31.2. The number of benzene rings is 1. The van der Waals surface area contributed by atoms with Crippen molar-refractivity contribution in [2.75, 3.05) is 13.2 Å². The molecule has 0 bridgehead atoms. The highest BCUT2D eigenvalue weighted by molar-refractivity contribution is 9.11.